The minimum absolute atomic E-state index is 0.330. The molecule has 0 spiro atoms. The summed E-state index contributed by atoms with van der Waals surface area (Å²) in [6.45, 7) is 4.96. The van der Waals surface area contributed by atoms with Gasteiger partial charge >= 0.3 is 5.69 Å². The van der Waals surface area contributed by atoms with Crippen molar-refractivity contribution in [2.24, 2.45) is 7.05 Å². The van der Waals surface area contributed by atoms with Gasteiger partial charge in [-0.1, -0.05) is 29.3 Å². The highest BCUT2D eigenvalue weighted by Crippen LogP contribution is 2.13. The number of aryl methyl sites for hydroxylation is 2. The van der Waals surface area contributed by atoms with E-state index in [9.17, 15) is 9.59 Å². The lowest BCUT2D eigenvalue weighted by atomic mass is 10.1. The number of hydrogen-bond donors (Lipinski definition) is 1. The first-order chi connectivity index (χ1) is 12.4. The van der Waals surface area contributed by atoms with E-state index in [-0.39, 0.29) is 11.2 Å². The highest BCUT2D eigenvalue weighted by Gasteiger charge is 2.10. The molecule has 0 bridgehead atoms. The number of nitrogens with zero attached hydrogens (tertiary/aromatic N) is 3. The van der Waals surface area contributed by atoms with Gasteiger partial charge in [-0.2, -0.15) is 0 Å². The van der Waals surface area contributed by atoms with Gasteiger partial charge in [0, 0.05) is 32.1 Å². The molecule has 0 atom stereocenters. The number of aromatic nitrogens is 3. The normalized spacial score (nSPS) is 10.7. The fraction of sp³-hybridized carbons (Fsp3) is 0.250. The molecule has 134 valence electrons. The molecular formula is C20H22N4O2. The molecule has 0 aliphatic rings. The third-order valence-electron chi connectivity index (χ3n) is 4.24. The van der Waals surface area contributed by atoms with Crippen molar-refractivity contribution in [2.75, 3.05) is 5.32 Å². The van der Waals surface area contributed by atoms with Crippen molar-refractivity contribution in [1.29, 1.82) is 0 Å². The molecule has 3 aromatic rings. The van der Waals surface area contributed by atoms with Gasteiger partial charge in [0.25, 0.3) is 5.56 Å². The number of nitrogens with one attached hydrogen (secondary N) is 1. The van der Waals surface area contributed by atoms with Crippen LogP contribution in [0.15, 0.2) is 58.4 Å². The Morgan fingerprint density at radius 1 is 0.962 bits per heavy atom. The molecule has 0 amide bonds. The first kappa shape index (κ1) is 17.7. The molecule has 0 fully saturated rings. The van der Waals surface area contributed by atoms with Gasteiger partial charge in [-0.25, -0.2) is 4.79 Å². The lowest BCUT2D eigenvalue weighted by Gasteiger charge is -2.16. The molecule has 0 saturated carbocycles. The maximum atomic E-state index is 12.7. The van der Waals surface area contributed by atoms with E-state index in [1.165, 1.54) is 13.1 Å². The zero-order chi connectivity index (χ0) is 18.7. The number of benzene rings is 1. The summed E-state index contributed by atoms with van der Waals surface area (Å²) >= 11 is 0. The van der Waals surface area contributed by atoms with E-state index >= 15 is 0 Å². The Bertz CT molecular complexity index is 1020. The standard InChI is InChI=1S/C20H22N4O2/c1-14-8-15(2)10-17(9-14)13-24-18(11-19(25)23(3)20(24)26)22-12-16-4-6-21-7-5-16/h4-11,22H,12-13H2,1-3H3. The molecule has 0 radical (unpaired) electrons. The summed E-state index contributed by atoms with van der Waals surface area (Å²) in [5, 5.41) is 3.21. The maximum Gasteiger partial charge on any atom is 0.332 e. The SMILES string of the molecule is Cc1cc(C)cc(Cn2c(NCc3ccncc3)cc(=O)n(C)c2=O)c1. The zero-order valence-electron chi connectivity index (χ0n) is 15.2. The van der Waals surface area contributed by atoms with Crippen LogP contribution in [0.3, 0.4) is 0 Å². The first-order valence-electron chi connectivity index (χ1n) is 8.45. The van der Waals surface area contributed by atoms with Crippen LogP contribution in [0.2, 0.25) is 0 Å². The highest BCUT2D eigenvalue weighted by atomic mass is 16.2. The Balaban J connectivity index is 1.98. The van der Waals surface area contributed by atoms with Crippen LogP contribution >= 0.6 is 0 Å². The predicted octanol–water partition coefficient (Wildman–Crippen LogP) is 2.22. The summed E-state index contributed by atoms with van der Waals surface area (Å²) in [5.74, 6) is 0.508. The summed E-state index contributed by atoms with van der Waals surface area (Å²) in [5.41, 5.74) is 3.66. The van der Waals surface area contributed by atoms with Crippen LogP contribution in [0.4, 0.5) is 5.82 Å². The van der Waals surface area contributed by atoms with Gasteiger partial charge in [0.15, 0.2) is 0 Å². The fourth-order valence-electron chi connectivity index (χ4n) is 3.01. The molecule has 26 heavy (non-hydrogen) atoms. The Kier molecular flexibility index (Phi) is 5.02. The number of pyridine rings is 1. The van der Waals surface area contributed by atoms with E-state index in [2.05, 4.69) is 28.5 Å². The number of anilines is 1. The Morgan fingerprint density at radius 3 is 2.27 bits per heavy atom. The van der Waals surface area contributed by atoms with Crippen LogP contribution in [0.25, 0.3) is 0 Å². The minimum Gasteiger partial charge on any atom is -0.367 e. The average molecular weight is 350 g/mol. The van der Waals surface area contributed by atoms with Gasteiger partial charge in [-0.15, -0.1) is 0 Å². The van der Waals surface area contributed by atoms with Crippen molar-refractivity contribution >= 4 is 5.82 Å². The van der Waals surface area contributed by atoms with E-state index in [4.69, 9.17) is 0 Å². The molecule has 6 heteroatoms. The molecule has 0 aliphatic heterocycles. The average Bonchev–Trinajstić information content (AvgIpc) is 2.61. The summed E-state index contributed by atoms with van der Waals surface area (Å²) in [6.07, 6.45) is 3.42. The molecule has 6 nitrogen and oxygen atoms in total. The molecule has 0 unspecified atom stereocenters. The van der Waals surface area contributed by atoms with Crippen LogP contribution in [-0.4, -0.2) is 14.1 Å². The van der Waals surface area contributed by atoms with Crippen LogP contribution in [0.5, 0.6) is 0 Å². The fourth-order valence-corrected chi connectivity index (χ4v) is 3.01. The van der Waals surface area contributed by atoms with Gasteiger partial charge < -0.3 is 5.32 Å². The van der Waals surface area contributed by atoms with E-state index < -0.39 is 0 Å². The van der Waals surface area contributed by atoms with E-state index in [0.717, 1.165) is 26.8 Å². The Hall–Kier alpha value is -3.15. The molecular weight excluding hydrogens is 328 g/mol. The zero-order valence-corrected chi connectivity index (χ0v) is 15.2. The first-order valence-corrected chi connectivity index (χ1v) is 8.45. The second-order valence-electron chi connectivity index (χ2n) is 6.50. The maximum absolute atomic E-state index is 12.7. The second-order valence-corrected chi connectivity index (χ2v) is 6.50. The lowest BCUT2D eigenvalue weighted by molar-refractivity contribution is 0.649. The van der Waals surface area contributed by atoms with Crippen molar-refractivity contribution in [1.82, 2.24) is 14.1 Å². The van der Waals surface area contributed by atoms with Crippen LogP contribution in [0, 0.1) is 13.8 Å². The minimum atomic E-state index is -0.339. The molecule has 1 aromatic carbocycles. The largest absolute Gasteiger partial charge is 0.367 e. The van der Waals surface area contributed by atoms with Crippen molar-refractivity contribution in [2.45, 2.75) is 26.9 Å². The monoisotopic (exact) mass is 350 g/mol. The topological polar surface area (TPSA) is 68.9 Å². The van der Waals surface area contributed by atoms with Crippen LogP contribution in [-0.2, 0) is 20.1 Å². The van der Waals surface area contributed by atoms with Gasteiger partial charge in [0.2, 0.25) is 0 Å². The Labute approximate surface area is 151 Å². The van der Waals surface area contributed by atoms with Crippen molar-refractivity contribution in [3.05, 3.63) is 91.9 Å². The summed E-state index contributed by atoms with van der Waals surface area (Å²) < 4.78 is 2.72. The quantitative estimate of drug-likeness (QED) is 0.766. The van der Waals surface area contributed by atoms with E-state index in [0.29, 0.717) is 18.9 Å². The third kappa shape index (κ3) is 3.91. The summed E-state index contributed by atoms with van der Waals surface area (Å²) in [6, 6.07) is 11.4. The third-order valence-corrected chi connectivity index (χ3v) is 4.24. The summed E-state index contributed by atoms with van der Waals surface area (Å²) in [7, 11) is 1.50. The number of hydrogen-bond acceptors (Lipinski definition) is 4. The number of rotatable bonds is 5. The smallest absolute Gasteiger partial charge is 0.332 e. The molecule has 0 aliphatic carbocycles. The summed E-state index contributed by atoms with van der Waals surface area (Å²) in [4.78, 5) is 28.8. The van der Waals surface area contributed by atoms with Gasteiger partial charge in [0.1, 0.15) is 5.82 Å². The lowest BCUT2D eigenvalue weighted by Crippen LogP contribution is -2.39. The second kappa shape index (κ2) is 7.39. The molecule has 3 rings (SSSR count). The molecule has 2 heterocycles. The van der Waals surface area contributed by atoms with E-state index in [1.807, 2.05) is 26.0 Å². The van der Waals surface area contributed by atoms with Crippen molar-refractivity contribution in [3.8, 4) is 0 Å². The van der Waals surface area contributed by atoms with Gasteiger partial charge in [0.05, 0.1) is 6.54 Å². The van der Waals surface area contributed by atoms with Gasteiger partial charge in [-0.3, -0.25) is 18.9 Å². The van der Waals surface area contributed by atoms with Crippen LogP contribution < -0.4 is 16.6 Å². The van der Waals surface area contributed by atoms with Crippen molar-refractivity contribution in [3.63, 3.8) is 0 Å². The Morgan fingerprint density at radius 2 is 1.62 bits per heavy atom. The van der Waals surface area contributed by atoms with Crippen molar-refractivity contribution < 1.29 is 0 Å². The van der Waals surface area contributed by atoms with E-state index in [1.54, 1.807) is 17.0 Å². The highest BCUT2D eigenvalue weighted by molar-refractivity contribution is 5.37. The molecule has 1 N–H and O–H groups in total. The molecule has 0 saturated heterocycles. The van der Waals surface area contributed by atoms with Crippen LogP contribution in [0.1, 0.15) is 22.3 Å². The predicted molar refractivity (Wildman–Crippen MR) is 103 cm³/mol. The van der Waals surface area contributed by atoms with Gasteiger partial charge in [-0.05, 0) is 37.1 Å². The molecule has 2 aromatic heterocycles.